The number of hydrogen-bond acceptors (Lipinski definition) is 3. The Morgan fingerprint density at radius 2 is 2.05 bits per heavy atom. The van der Waals surface area contributed by atoms with E-state index in [9.17, 15) is 14.7 Å². The average Bonchev–Trinajstić information content (AvgIpc) is 2.98. The van der Waals surface area contributed by atoms with Crippen LogP contribution in [-0.4, -0.2) is 23.5 Å². The molecule has 3 rings (SSSR count). The number of aliphatic carboxylic acids is 1. The standard InChI is InChI=1S/C16H15NO3S/c18-15(10-11-4-3-9-21-11)17-8-7-13(16(19)20)12-5-1-2-6-14(12)17/h1-6,9,13H,7-8,10H2,(H,19,20). The summed E-state index contributed by atoms with van der Waals surface area (Å²) in [6, 6.07) is 11.2. The second kappa shape index (κ2) is 5.69. The molecule has 21 heavy (non-hydrogen) atoms. The van der Waals surface area contributed by atoms with E-state index in [1.807, 2.05) is 35.7 Å². The lowest BCUT2D eigenvalue weighted by molar-refractivity contribution is -0.139. The Morgan fingerprint density at radius 1 is 1.24 bits per heavy atom. The van der Waals surface area contributed by atoms with E-state index in [1.54, 1.807) is 22.3 Å². The van der Waals surface area contributed by atoms with Gasteiger partial charge in [0, 0.05) is 17.1 Å². The fraction of sp³-hybridized carbons (Fsp3) is 0.250. The summed E-state index contributed by atoms with van der Waals surface area (Å²) in [7, 11) is 0. The van der Waals surface area contributed by atoms with Crippen molar-refractivity contribution in [3.8, 4) is 0 Å². The number of hydrogen-bond donors (Lipinski definition) is 1. The fourth-order valence-electron chi connectivity index (χ4n) is 2.74. The van der Waals surface area contributed by atoms with Crippen molar-refractivity contribution in [2.24, 2.45) is 0 Å². The number of carboxylic acids is 1. The van der Waals surface area contributed by atoms with Crippen LogP contribution >= 0.6 is 11.3 Å². The van der Waals surface area contributed by atoms with Crippen molar-refractivity contribution in [2.75, 3.05) is 11.4 Å². The smallest absolute Gasteiger partial charge is 0.311 e. The molecule has 0 spiro atoms. The van der Waals surface area contributed by atoms with Crippen LogP contribution in [-0.2, 0) is 16.0 Å². The molecule has 1 amide bonds. The predicted molar refractivity (Wildman–Crippen MR) is 81.8 cm³/mol. The molecule has 0 fully saturated rings. The van der Waals surface area contributed by atoms with Gasteiger partial charge >= 0.3 is 5.97 Å². The van der Waals surface area contributed by atoms with Gasteiger partial charge in [0.2, 0.25) is 5.91 Å². The molecule has 2 heterocycles. The first-order valence-corrected chi connectivity index (χ1v) is 7.69. The molecule has 1 unspecified atom stereocenters. The number of anilines is 1. The molecule has 0 radical (unpaired) electrons. The highest BCUT2D eigenvalue weighted by molar-refractivity contribution is 7.10. The fourth-order valence-corrected chi connectivity index (χ4v) is 3.43. The molecule has 4 nitrogen and oxygen atoms in total. The van der Waals surface area contributed by atoms with Gasteiger partial charge in [-0.1, -0.05) is 24.3 Å². The van der Waals surface area contributed by atoms with Gasteiger partial charge in [-0.25, -0.2) is 0 Å². The SMILES string of the molecule is O=C(O)C1CCN(C(=O)Cc2cccs2)c2ccccc21. The zero-order valence-corrected chi connectivity index (χ0v) is 12.2. The monoisotopic (exact) mass is 301 g/mol. The Labute approximate surface area is 126 Å². The summed E-state index contributed by atoms with van der Waals surface area (Å²) in [5.41, 5.74) is 1.47. The Bertz CT molecular complexity index is 666. The topological polar surface area (TPSA) is 57.6 Å². The number of thiophene rings is 1. The minimum absolute atomic E-state index is 0.0220. The highest BCUT2D eigenvalue weighted by Gasteiger charge is 2.32. The van der Waals surface area contributed by atoms with Gasteiger partial charge in [0.15, 0.2) is 0 Å². The van der Waals surface area contributed by atoms with Crippen LogP contribution in [0.4, 0.5) is 5.69 Å². The summed E-state index contributed by atoms with van der Waals surface area (Å²) in [5, 5.41) is 11.3. The zero-order chi connectivity index (χ0) is 14.8. The summed E-state index contributed by atoms with van der Waals surface area (Å²) in [6.45, 7) is 0.457. The average molecular weight is 301 g/mol. The number of para-hydroxylation sites is 1. The molecule has 1 aromatic carbocycles. The van der Waals surface area contributed by atoms with Crippen LogP contribution in [0.1, 0.15) is 22.8 Å². The van der Waals surface area contributed by atoms with Gasteiger partial charge < -0.3 is 10.0 Å². The molecular formula is C16H15NO3S. The van der Waals surface area contributed by atoms with Crippen molar-refractivity contribution < 1.29 is 14.7 Å². The normalized spacial score (nSPS) is 17.3. The van der Waals surface area contributed by atoms with Crippen molar-refractivity contribution in [1.82, 2.24) is 0 Å². The summed E-state index contributed by atoms with van der Waals surface area (Å²) in [6.07, 6.45) is 0.826. The van der Waals surface area contributed by atoms with E-state index in [0.29, 0.717) is 19.4 Å². The van der Waals surface area contributed by atoms with Gasteiger partial charge in [0.1, 0.15) is 0 Å². The zero-order valence-electron chi connectivity index (χ0n) is 11.4. The Morgan fingerprint density at radius 3 is 2.76 bits per heavy atom. The van der Waals surface area contributed by atoms with Crippen LogP contribution in [0.2, 0.25) is 0 Å². The molecule has 108 valence electrons. The van der Waals surface area contributed by atoms with Crippen molar-refractivity contribution in [3.05, 3.63) is 52.2 Å². The van der Waals surface area contributed by atoms with Gasteiger partial charge in [-0.2, -0.15) is 0 Å². The van der Waals surface area contributed by atoms with Gasteiger partial charge in [0.25, 0.3) is 0 Å². The van der Waals surface area contributed by atoms with Crippen molar-refractivity contribution in [2.45, 2.75) is 18.8 Å². The van der Waals surface area contributed by atoms with E-state index in [4.69, 9.17) is 0 Å². The first-order chi connectivity index (χ1) is 10.2. The van der Waals surface area contributed by atoms with Gasteiger partial charge in [-0.15, -0.1) is 11.3 Å². The van der Waals surface area contributed by atoms with E-state index < -0.39 is 11.9 Å². The Hall–Kier alpha value is -2.14. The molecular weight excluding hydrogens is 286 g/mol. The van der Waals surface area contributed by atoms with Crippen LogP contribution < -0.4 is 4.90 Å². The molecule has 1 atom stereocenters. The molecule has 0 bridgehead atoms. The molecule has 0 aliphatic carbocycles. The summed E-state index contributed by atoms with van der Waals surface area (Å²) >= 11 is 1.56. The number of rotatable bonds is 3. The van der Waals surface area contributed by atoms with E-state index >= 15 is 0 Å². The molecule has 1 N–H and O–H groups in total. The van der Waals surface area contributed by atoms with Gasteiger partial charge in [0.05, 0.1) is 12.3 Å². The van der Waals surface area contributed by atoms with Crippen LogP contribution in [0.25, 0.3) is 0 Å². The first kappa shape index (κ1) is 13.8. The third-order valence-corrected chi connectivity index (χ3v) is 4.63. The molecule has 1 aliphatic heterocycles. The quantitative estimate of drug-likeness (QED) is 0.948. The lowest BCUT2D eigenvalue weighted by Gasteiger charge is -2.32. The lowest BCUT2D eigenvalue weighted by Crippen LogP contribution is -2.38. The highest BCUT2D eigenvalue weighted by atomic mass is 32.1. The Balaban J connectivity index is 1.89. The molecule has 0 saturated carbocycles. The minimum atomic E-state index is -0.826. The second-order valence-electron chi connectivity index (χ2n) is 5.04. The number of carboxylic acid groups (broad SMARTS) is 1. The predicted octanol–water partition coefficient (Wildman–Crippen LogP) is 2.90. The van der Waals surface area contributed by atoms with Gasteiger partial charge in [-0.05, 0) is 29.5 Å². The summed E-state index contributed by atoms with van der Waals surface area (Å²) < 4.78 is 0. The van der Waals surface area contributed by atoms with E-state index in [1.165, 1.54) is 0 Å². The van der Waals surface area contributed by atoms with Crippen LogP contribution in [0, 0.1) is 0 Å². The Kier molecular flexibility index (Phi) is 3.75. The van der Waals surface area contributed by atoms with Crippen molar-refractivity contribution in [3.63, 3.8) is 0 Å². The molecule has 5 heteroatoms. The van der Waals surface area contributed by atoms with Gasteiger partial charge in [-0.3, -0.25) is 9.59 Å². The maximum atomic E-state index is 12.5. The first-order valence-electron chi connectivity index (χ1n) is 6.81. The number of benzene rings is 1. The van der Waals surface area contributed by atoms with Crippen LogP contribution in [0.3, 0.4) is 0 Å². The number of fused-ring (bicyclic) bond motifs is 1. The molecule has 1 aromatic heterocycles. The largest absolute Gasteiger partial charge is 0.481 e. The number of carbonyl (C=O) groups excluding carboxylic acids is 1. The van der Waals surface area contributed by atoms with E-state index in [0.717, 1.165) is 16.1 Å². The highest BCUT2D eigenvalue weighted by Crippen LogP contribution is 2.35. The maximum Gasteiger partial charge on any atom is 0.311 e. The minimum Gasteiger partial charge on any atom is -0.481 e. The van der Waals surface area contributed by atoms with E-state index in [2.05, 4.69) is 0 Å². The summed E-state index contributed by atoms with van der Waals surface area (Å²) in [5.74, 6) is -1.33. The molecule has 2 aromatic rings. The maximum absolute atomic E-state index is 12.5. The van der Waals surface area contributed by atoms with Crippen molar-refractivity contribution >= 4 is 28.9 Å². The second-order valence-corrected chi connectivity index (χ2v) is 6.07. The number of amides is 1. The summed E-state index contributed by atoms with van der Waals surface area (Å²) in [4.78, 5) is 26.6. The van der Waals surface area contributed by atoms with E-state index in [-0.39, 0.29) is 5.91 Å². The third kappa shape index (κ3) is 2.69. The molecule has 0 saturated heterocycles. The van der Waals surface area contributed by atoms with Crippen LogP contribution in [0.5, 0.6) is 0 Å². The molecule has 1 aliphatic rings. The lowest BCUT2D eigenvalue weighted by atomic mass is 9.90. The number of nitrogens with zero attached hydrogens (tertiary/aromatic N) is 1. The third-order valence-electron chi connectivity index (χ3n) is 3.75. The number of carbonyl (C=O) groups is 2. The van der Waals surface area contributed by atoms with Crippen LogP contribution in [0.15, 0.2) is 41.8 Å². The van der Waals surface area contributed by atoms with Crippen molar-refractivity contribution in [1.29, 1.82) is 0 Å².